The van der Waals surface area contributed by atoms with Crippen molar-refractivity contribution in [3.8, 4) is 5.75 Å². The minimum absolute atomic E-state index is 0.00173. The Kier molecular flexibility index (Phi) is 4.08. The van der Waals surface area contributed by atoms with Crippen molar-refractivity contribution >= 4 is 35.0 Å². The first-order valence-corrected chi connectivity index (χ1v) is 7.84. The van der Waals surface area contributed by atoms with E-state index in [1.165, 1.54) is 29.6 Å². The highest BCUT2D eigenvalue weighted by Crippen LogP contribution is 2.27. The predicted molar refractivity (Wildman–Crippen MR) is 85.2 cm³/mol. The zero-order chi connectivity index (χ0) is 15.7. The first-order chi connectivity index (χ1) is 10.6. The van der Waals surface area contributed by atoms with Gasteiger partial charge in [-0.25, -0.2) is 4.98 Å². The number of hydrogen-bond acceptors (Lipinski definition) is 5. The molecule has 3 rings (SSSR count). The molecule has 0 aliphatic carbocycles. The van der Waals surface area contributed by atoms with Gasteiger partial charge in [0.05, 0.1) is 17.8 Å². The molecule has 0 atom stereocenters. The van der Waals surface area contributed by atoms with Crippen LogP contribution in [0.1, 0.15) is 10.4 Å². The van der Waals surface area contributed by atoms with Crippen molar-refractivity contribution in [1.29, 1.82) is 0 Å². The smallest absolute Gasteiger partial charge is 0.267 e. The molecule has 22 heavy (non-hydrogen) atoms. The molecule has 1 aromatic carbocycles. The highest BCUT2D eigenvalue weighted by Gasteiger charge is 2.20. The van der Waals surface area contributed by atoms with E-state index in [1.54, 1.807) is 18.2 Å². The molecular formula is C14H12ClN3O3S. The maximum Gasteiger partial charge on any atom is 0.267 e. The lowest BCUT2D eigenvalue weighted by atomic mass is 10.2. The summed E-state index contributed by atoms with van der Waals surface area (Å²) < 4.78 is 6.56. The molecule has 2 aromatic rings. The largest absolute Gasteiger partial charge is 0.497 e. The van der Waals surface area contributed by atoms with Gasteiger partial charge >= 0.3 is 0 Å². The second-order valence-electron chi connectivity index (χ2n) is 4.56. The van der Waals surface area contributed by atoms with E-state index in [4.69, 9.17) is 16.3 Å². The fraction of sp³-hybridized carbons (Fsp3) is 0.214. The van der Waals surface area contributed by atoms with Crippen LogP contribution < -0.4 is 15.6 Å². The Bertz CT molecular complexity index is 806. The Hall–Kier alpha value is -1.99. The fourth-order valence-corrected chi connectivity index (χ4v) is 3.22. The third kappa shape index (κ3) is 2.69. The zero-order valence-electron chi connectivity index (χ0n) is 11.6. The second kappa shape index (κ2) is 6.02. The van der Waals surface area contributed by atoms with Gasteiger partial charge in [-0.15, -0.1) is 0 Å². The minimum atomic E-state index is -0.531. The topological polar surface area (TPSA) is 73.2 Å². The molecule has 1 N–H and O–H groups in total. The molecule has 0 unspecified atom stereocenters. The standard InChI is InChI=1S/C14H12ClN3O3S/c1-21-8-2-3-11(10(15)6-8)17-12(19)9-7-16-14-18(13(9)20)4-5-22-14/h2-3,6-7H,4-5H2,1H3,(H,17,19). The van der Waals surface area contributed by atoms with E-state index in [-0.39, 0.29) is 11.1 Å². The van der Waals surface area contributed by atoms with Crippen LogP contribution >= 0.6 is 23.4 Å². The number of aromatic nitrogens is 2. The number of hydrogen-bond donors (Lipinski definition) is 1. The van der Waals surface area contributed by atoms with Crippen LogP contribution in [0.15, 0.2) is 34.3 Å². The molecule has 0 saturated carbocycles. The Morgan fingerprint density at radius 3 is 3.05 bits per heavy atom. The minimum Gasteiger partial charge on any atom is -0.497 e. The van der Waals surface area contributed by atoms with Crippen molar-refractivity contribution in [2.75, 3.05) is 18.2 Å². The number of fused-ring (bicyclic) bond motifs is 1. The van der Waals surface area contributed by atoms with Crippen LogP contribution in [-0.2, 0) is 6.54 Å². The highest BCUT2D eigenvalue weighted by molar-refractivity contribution is 7.99. The van der Waals surface area contributed by atoms with Crippen LogP contribution in [0.2, 0.25) is 5.02 Å². The molecule has 0 spiro atoms. The summed E-state index contributed by atoms with van der Waals surface area (Å²) in [7, 11) is 1.53. The van der Waals surface area contributed by atoms with Crippen LogP contribution in [0.25, 0.3) is 0 Å². The number of amides is 1. The Labute approximate surface area is 135 Å². The van der Waals surface area contributed by atoms with Gasteiger partial charge < -0.3 is 10.1 Å². The van der Waals surface area contributed by atoms with Crippen LogP contribution in [0, 0.1) is 0 Å². The van der Waals surface area contributed by atoms with Gasteiger partial charge in [0.25, 0.3) is 11.5 Å². The first kappa shape index (κ1) is 14.9. The van der Waals surface area contributed by atoms with Crippen molar-refractivity contribution in [1.82, 2.24) is 9.55 Å². The van der Waals surface area contributed by atoms with Crippen LogP contribution in [0.5, 0.6) is 5.75 Å². The monoisotopic (exact) mass is 337 g/mol. The van der Waals surface area contributed by atoms with Gasteiger partial charge in [-0.3, -0.25) is 14.2 Å². The number of nitrogens with one attached hydrogen (secondary N) is 1. The zero-order valence-corrected chi connectivity index (χ0v) is 13.2. The third-order valence-electron chi connectivity index (χ3n) is 3.23. The maximum absolute atomic E-state index is 12.3. The normalized spacial score (nSPS) is 12.8. The molecule has 1 aromatic heterocycles. The quantitative estimate of drug-likeness (QED) is 0.870. The van der Waals surface area contributed by atoms with Crippen molar-refractivity contribution in [2.45, 2.75) is 11.7 Å². The van der Waals surface area contributed by atoms with Gasteiger partial charge in [0, 0.05) is 24.6 Å². The molecule has 0 radical (unpaired) electrons. The molecule has 0 bridgehead atoms. The lowest BCUT2D eigenvalue weighted by Gasteiger charge is -2.09. The van der Waals surface area contributed by atoms with E-state index >= 15 is 0 Å². The van der Waals surface area contributed by atoms with E-state index in [1.807, 2.05) is 0 Å². The van der Waals surface area contributed by atoms with Crippen LogP contribution in [0.3, 0.4) is 0 Å². The number of carbonyl (C=O) groups is 1. The molecule has 0 fully saturated rings. The molecule has 114 valence electrons. The molecule has 6 nitrogen and oxygen atoms in total. The number of halogens is 1. The molecule has 1 aliphatic heterocycles. The third-order valence-corrected chi connectivity index (χ3v) is 4.51. The Morgan fingerprint density at radius 2 is 2.32 bits per heavy atom. The Balaban J connectivity index is 1.88. The van der Waals surface area contributed by atoms with E-state index in [2.05, 4.69) is 10.3 Å². The predicted octanol–water partition coefficient (Wildman–Crippen LogP) is 2.26. The van der Waals surface area contributed by atoms with E-state index in [0.717, 1.165) is 5.75 Å². The number of rotatable bonds is 3. The van der Waals surface area contributed by atoms with Crippen molar-refractivity contribution in [3.63, 3.8) is 0 Å². The first-order valence-electron chi connectivity index (χ1n) is 6.47. The summed E-state index contributed by atoms with van der Waals surface area (Å²) >= 11 is 7.57. The van der Waals surface area contributed by atoms with E-state index in [9.17, 15) is 9.59 Å². The summed E-state index contributed by atoms with van der Waals surface area (Å²) in [5.74, 6) is 0.841. The number of carbonyl (C=O) groups excluding carboxylic acids is 1. The van der Waals surface area contributed by atoms with Crippen molar-refractivity contribution in [2.24, 2.45) is 0 Å². The molecule has 1 amide bonds. The van der Waals surface area contributed by atoms with Crippen LogP contribution in [0.4, 0.5) is 5.69 Å². The molecule has 2 heterocycles. The van der Waals surface area contributed by atoms with Gasteiger partial charge in [0.2, 0.25) is 0 Å². The number of thioether (sulfide) groups is 1. The van der Waals surface area contributed by atoms with Gasteiger partial charge in [0.1, 0.15) is 11.3 Å². The average molecular weight is 338 g/mol. The Morgan fingerprint density at radius 1 is 1.50 bits per heavy atom. The number of benzene rings is 1. The molecular weight excluding hydrogens is 326 g/mol. The van der Waals surface area contributed by atoms with Gasteiger partial charge in [-0.1, -0.05) is 23.4 Å². The summed E-state index contributed by atoms with van der Waals surface area (Å²) in [6.07, 6.45) is 1.30. The van der Waals surface area contributed by atoms with E-state index < -0.39 is 5.91 Å². The van der Waals surface area contributed by atoms with Crippen molar-refractivity contribution < 1.29 is 9.53 Å². The molecule has 8 heteroatoms. The highest BCUT2D eigenvalue weighted by atomic mass is 35.5. The van der Waals surface area contributed by atoms with Gasteiger partial charge in [-0.2, -0.15) is 0 Å². The summed E-state index contributed by atoms with van der Waals surface area (Å²) in [5.41, 5.74) is 0.0713. The average Bonchev–Trinajstić information content (AvgIpc) is 2.99. The molecule has 0 saturated heterocycles. The number of methoxy groups -OCH3 is 1. The lowest BCUT2D eigenvalue weighted by Crippen LogP contribution is -2.29. The SMILES string of the molecule is COc1ccc(NC(=O)c2cnc3n(c2=O)CCS3)c(Cl)c1. The summed E-state index contributed by atoms with van der Waals surface area (Å²) in [6.45, 7) is 0.566. The van der Waals surface area contributed by atoms with Crippen LogP contribution in [-0.4, -0.2) is 28.3 Å². The number of ether oxygens (including phenoxy) is 1. The second-order valence-corrected chi connectivity index (χ2v) is 6.03. The van der Waals surface area contributed by atoms with E-state index in [0.29, 0.717) is 28.2 Å². The number of anilines is 1. The maximum atomic E-state index is 12.3. The van der Waals surface area contributed by atoms with Gasteiger partial charge in [0.15, 0.2) is 5.16 Å². The van der Waals surface area contributed by atoms with Gasteiger partial charge in [-0.05, 0) is 12.1 Å². The summed E-state index contributed by atoms with van der Waals surface area (Å²) in [5, 5.41) is 3.60. The number of nitrogens with zero attached hydrogens (tertiary/aromatic N) is 2. The lowest BCUT2D eigenvalue weighted by molar-refractivity contribution is 0.102. The summed E-state index contributed by atoms with van der Waals surface area (Å²) in [4.78, 5) is 28.7. The van der Waals surface area contributed by atoms with Crippen molar-refractivity contribution in [3.05, 3.63) is 45.3 Å². The summed E-state index contributed by atoms with van der Waals surface area (Å²) in [6, 6.07) is 4.88. The molecule has 1 aliphatic rings. The fourth-order valence-electron chi connectivity index (χ4n) is 2.09.